The summed E-state index contributed by atoms with van der Waals surface area (Å²) >= 11 is 5.34. The first kappa shape index (κ1) is 18.1. The molecule has 1 aliphatic heterocycles. The molecule has 1 aliphatic carbocycles. The number of benzene rings is 1. The van der Waals surface area contributed by atoms with Gasteiger partial charge in [-0.3, -0.25) is 9.69 Å². The highest BCUT2D eigenvalue weighted by Crippen LogP contribution is 2.27. The molecule has 0 N–H and O–H groups in total. The second kappa shape index (κ2) is 7.70. The number of methoxy groups -OCH3 is 3. The lowest BCUT2D eigenvalue weighted by molar-refractivity contribution is -0.128. The van der Waals surface area contributed by atoms with Crippen LogP contribution in [0.2, 0.25) is 0 Å². The minimum atomic E-state index is -0.508. The zero-order valence-electron chi connectivity index (χ0n) is 14.9. The van der Waals surface area contributed by atoms with Gasteiger partial charge in [-0.2, -0.15) is 0 Å². The summed E-state index contributed by atoms with van der Waals surface area (Å²) in [5.41, 5.74) is 1.67. The van der Waals surface area contributed by atoms with E-state index in [2.05, 4.69) is 4.99 Å². The minimum absolute atomic E-state index is 0.102. The number of carbonyl (C=O) groups is 1. The van der Waals surface area contributed by atoms with Crippen molar-refractivity contribution in [1.82, 2.24) is 4.90 Å². The Morgan fingerprint density at radius 3 is 2.38 bits per heavy atom. The Bertz CT molecular complexity index is 811. The Hall–Kier alpha value is -2.67. The molecule has 26 heavy (non-hydrogen) atoms. The molecule has 1 aromatic rings. The summed E-state index contributed by atoms with van der Waals surface area (Å²) in [6.07, 6.45) is 4.10. The maximum Gasteiger partial charge on any atom is 0.241 e. The molecule has 6 nitrogen and oxygen atoms in total. The van der Waals surface area contributed by atoms with Crippen LogP contribution in [0.3, 0.4) is 0 Å². The van der Waals surface area contributed by atoms with Gasteiger partial charge in [-0.1, -0.05) is 12.1 Å². The number of fused-ring (bicyclic) bond motifs is 1. The lowest BCUT2D eigenvalue weighted by Gasteiger charge is -2.31. The summed E-state index contributed by atoms with van der Waals surface area (Å²) in [5.74, 6) is 1.24. The van der Waals surface area contributed by atoms with E-state index in [-0.39, 0.29) is 11.0 Å². The number of carbonyl (C=O) groups excluding carboxylic acids is 1. The van der Waals surface area contributed by atoms with E-state index in [1.54, 1.807) is 38.4 Å². The van der Waals surface area contributed by atoms with Crippen molar-refractivity contribution in [2.75, 3.05) is 27.9 Å². The number of hydrogen-bond acceptors (Lipinski definition) is 5. The molecule has 0 saturated carbocycles. The molecule has 0 spiro atoms. The van der Waals surface area contributed by atoms with Crippen molar-refractivity contribution < 1.29 is 19.0 Å². The maximum absolute atomic E-state index is 12.9. The van der Waals surface area contributed by atoms with Crippen LogP contribution in [0.5, 0.6) is 5.75 Å². The van der Waals surface area contributed by atoms with Crippen LogP contribution in [-0.4, -0.2) is 49.5 Å². The van der Waals surface area contributed by atoms with E-state index < -0.39 is 5.92 Å². The average molecular weight is 372 g/mol. The van der Waals surface area contributed by atoms with E-state index >= 15 is 0 Å². The normalized spacial score (nSPS) is 19.3. The van der Waals surface area contributed by atoms with Crippen molar-refractivity contribution in [3.8, 4) is 5.75 Å². The maximum atomic E-state index is 12.9. The van der Waals surface area contributed by atoms with E-state index in [9.17, 15) is 4.79 Å². The van der Waals surface area contributed by atoms with Crippen molar-refractivity contribution in [3.63, 3.8) is 0 Å². The van der Waals surface area contributed by atoms with E-state index in [0.717, 1.165) is 11.3 Å². The number of hydrogen-bond donors (Lipinski definition) is 0. The first-order chi connectivity index (χ1) is 12.6. The lowest BCUT2D eigenvalue weighted by Crippen LogP contribution is -2.47. The number of ether oxygens (including phenoxy) is 3. The number of aliphatic imine (C=N–C) groups is 1. The Morgan fingerprint density at radius 1 is 1.08 bits per heavy atom. The topological polar surface area (TPSA) is 60.4 Å². The molecule has 1 atom stereocenters. The van der Waals surface area contributed by atoms with E-state index in [1.807, 2.05) is 24.3 Å². The van der Waals surface area contributed by atoms with Gasteiger partial charge in [0.15, 0.2) is 11.5 Å². The predicted octanol–water partition coefficient (Wildman–Crippen LogP) is 2.50. The number of nitrogens with zero attached hydrogens (tertiary/aromatic N) is 2. The number of rotatable bonds is 6. The summed E-state index contributed by atoms with van der Waals surface area (Å²) in [4.78, 5) is 18.9. The fraction of sp³-hybridized carbons (Fsp3) is 0.316. The second-order valence-corrected chi connectivity index (χ2v) is 6.20. The van der Waals surface area contributed by atoms with Crippen molar-refractivity contribution in [1.29, 1.82) is 0 Å². The smallest absolute Gasteiger partial charge is 0.241 e. The summed E-state index contributed by atoms with van der Waals surface area (Å²) in [7, 11) is 4.72. The van der Waals surface area contributed by atoms with Gasteiger partial charge < -0.3 is 14.2 Å². The van der Waals surface area contributed by atoms with Crippen LogP contribution in [0.1, 0.15) is 5.56 Å². The Labute approximate surface area is 157 Å². The van der Waals surface area contributed by atoms with E-state index in [1.165, 1.54) is 0 Å². The van der Waals surface area contributed by atoms with Gasteiger partial charge >= 0.3 is 0 Å². The van der Waals surface area contributed by atoms with Crippen molar-refractivity contribution in [2.45, 2.75) is 6.42 Å². The third kappa shape index (κ3) is 3.48. The lowest BCUT2D eigenvalue weighted by atomic mass is 9.93. The minimum Gasteiger partial charge on any atom is -0.497 e. The standard InChI is InChI=1S/C19H20N2O4S/c1-23-13-6-4-12(5-7-13)8-9-21-18(22)14-10-16(24-2)17(25-3)11-15(14)20-19(21)26/h4-7,10-11,14H,8-9H2,1-3H3. The van der Waals surface area contributed by atoms with Gasteiger partial charge in [0.05, 0.1) is 27.0 Å². The van der Waals surface area contributed by atoms with Crippen LogP contribution in [-0.2, 0) is 20.7 Å². The van der Waals surface area contributed by atoms with Gasteiger partial charge in [-0.25, -0.2) is 4.99 Å². The van der Waals surface area contributed by atoms with Crippen LogP contribution in [0.25, 0.3) is 0 Å². The molecule has 7 heteroatoms. The molecule has 1 aromatic carbocycles. The second-order valence-electron chi connectivity index (χ2n) is 5.83. The van der Waals surface area contributed by atoms with Gasteiger partial charge in [0, 0.05) is 12.6 Å². The van der Waals surface area contributed by atoms with Crippen molar-refractivity contribution in [2.24, 2.45) is 10.9 Å². The molecular formula is C19H20N2O4S. The monoisotopic (exact) mass is 372 g/mol. The van der Waals surface area contributed by atoms with Gasteiger partial charge in [0.2, 0.25) is 11.0 Å². The molecule has 1 heterocycles. The van der Waals surface area contributed by atoms with E-state index in [0.29, 0.717) is 30.2 Å². The third-order valence-electron chi connectivity index (χ3n) is 4.37. The SMILES string of the molecule is COC1=CC2=NC(=S)N(CCc3ccc(OC)cc3)C(=O)C2C=C1OC. The predicted molar refractivity (Wildman–Crippen MR) is 102 cm³/mol. The quantitative estimate of drug-likeness (QED) is 0.718. The molecule has 0 radical (unpaired) electrons. The Balaban J connectivity index is 1.77. The third-order valence-corrected chi connectivity index (χ3v) is 4.68. The summed E-state index contributed by atoms with van der Waals surface area (Å²) in [5, 5.41) is 0.274. The van der Waals surface area contributed by atoms with Gasteiger partial charge in [-0.05, 0) is 42.4 Å². The molecule has 1 unspecified atom stereocenters. The van der Waals surface area contributed by atoms with Crippen LogP contribution in [0, 0.1) is 5.92 Å². The Kier molecular flexibility index (Phi) is 5.37. The number of amides is 1. The molecule has 0 aromatic heterocycles. The number of thiocarbonyl (C=S) groups is 1. The zero-order valence-corrected chi connectivity index (χ0v) is 15.7. The summed E-state index contributed by atoms with van der Waals surface area (Å²) < 4.78 is 15.7. The highest BCUT2D eigenvalue weighted by Gasteiger charge is 2.36. The van der Waals surface area contributed by atoms with Crippen molar-refractivity contribution >= 4 is 28.9 Å². The summed E-state index contributed by atoms with van der Waals surface area (Å²) in [6, 6.07) is 7.74. The highest BCUT2D eigenvalue weighted by molar-refractivity contribution is 7.80. The van der Waals surface area contributed by atoms with Gasteiger partial charge in [0.25, 0.3) is 0 Å². The molecule has 0 saturated heterocycles. The first-order valence-electron chi connectivity index (χ1n) is 8.16. The van der Waals surface area contributed by atoms with Crippen LogP contribution < -0.4 is 4.74 Å². The van der Waals surface area contributed by atoms with Crippen LogP contribution in [0.4, 0.5) is 0 Å². The fourth-order valence-electron chi connectivity index (χ4n) is 2.91. The Morgan fingerprint density at radius 2 is 1.77 bits per heavy atom. The average Bonchev–Trinajstić information content (AvgIpc) is 2.67. The fourth-order valence-corrected chi connectivity index (χ4v) is 3.20. The van der Waals surface area contributed by atoms with Crippen LogP contribution >= 0.6 is 12.2 Å². The highest BCUT2D eigenvalue weighted by atomic mass is 32.1. The molecule has 2 aliphatic rings. The number of allylic oxidation sites excluding steroid dienone is 1. The first-order valence-corrected chi connectivity index (χ1v) is 8.57. The molecule has 136 valence electrons. The van der Waals surface area contributed by atoms with Crippen molar-refractivity contribution in [3.05, 3.63) is 53.5 Å². The van der Waals surface area contributed by atoms with Crippen LogP contribution in [0.15, 0.2) is 52.9 Å². The van der Waals surface area contributed by atoms with Gasteiger partial charge in [0.1, 0.15) is 11.7 Å². The molecular weight excluding hydrogens is 352 g/mol. The zero-order chi connectivity index (χ0) is 18.7. The largest absolute Gasteiger partial charge is 0.497 e. The molecule has 0 bridgehead atoms. The molecule has 0 fully saturated rings. The molecule has 1 amide bonds. The van der Waals surface area contributed by atoms with E-state index in [4.69, 9.17) is 26.4 Å². The molecule has 3 rings (SSSR count). The van der Waals surface area contributed by atoms with Gasteiger partial charge in [-0.15, -0.1) is 0 Å². The summed E-state index contributed by atoms with van der Waals surface area (Å²) in [6.45, 7) is 0.467.